The summed E-state index contributed by atoms with van der Waals surface area (Å²) in [6, 6.07) is 25.8. The number of carbonyl (C=O) groups is 1. The van der Waals surface area contributed by atoms with Gasteiger partial charge in [0.25, 0.3) is 5.91 Å². The van der Waals surface area contributed by atoms with Crippen LogP contribution in [0, 0.1) is 0 Å². The van der Waals surface area contributed by atoms with Crippen molar-refractivity contribution in [3.05, 3.63) is 102 Å². The van der Waals surface area contributed by atoms with E-state index in [9.17, 15) is 4.79 Å². The minimum Gasteiger partial charge on any atom is -0.497 e. The van der Waals surface area contributed by atoms with Gasteiger partial charge in [-0.2, -0.15) is 5.10 Å². The first-order valence-electron chi connectivity index (χ1n) is 12.3. The molecule has 1 amide bonds. The highest BCUT2D eigenvalue weighted by molar-refractivity contribution is 7.98. The summed E-state index contributed by atoms with van der Waals surface area (Å²) in [5.74, 6) is 2.68. The van der Waals surface area contributed by atoms with Gasteiger partial charge in [0.15, 0.2) is 17.6 Å². The van der Waals surface area contributed by atoms with Crippen LogP contribution in [0.1, 0.15) is 11.1 Å². The van der Waals surface area contributed by atoms with Crippen molar-refractivity contribution in [2.24, 2.45) is 7.05 Å². The van der Waals surface area contributed by atoms with E-state index in [0.29, 0.717) is 18.0 Å². The average molecular weight is 541 g/mol. The largest absolute Gasteiger partial charge is 0.497 e. The van der Waals surface area contributed by atoms with Crippen molar-refractivity contribution < 1.29 is 14.3 Å². The molecule has 0 bridgehead atoms. The van der Waals surface area contributed by atoms with Gasteiger partial charge in [-0.1, -0.05) is 54.2 Å². The standard InChI is InChI=1S/C29H28N6O3S/c1-34-18-24(16-30-34)31-27(36)19-38-26-14-10-23(11-15-26)28-32-33-29(35(28)17-21-6-4-3-5-7-21)39-20-22-8-12-25(37-2)13-9-22/h3-16,18H,17,19-20H2,1-2H3,(H,31,36). The van der Waals surface area contributed by atoms with Crippen molar-refractivity contribution in [1.82, 2.24) is 24.5 Å². The predicted molar refractivity (Wildman–Crippen MR) is 151 cm³/mol. The number of aryl methyl sites for hydroxylation is 1. The summed E-state index contributed by atoms with van der Waals surface area (Å²) in [4.78, 5) is 12.2. The molecule has 5 rings (SSSR count). The summed E-state index contributed by atoms with van der Waals surface area (Å²) < 4.78 is 14.7. The number of amides is 1. The number of carbonyl (C=O) groups excluding carboxylic acids is 1. The molecule has 39 heavy (non-hydrogen) atoms. The predicted octanol–water partition coefficient (Wildman–Crippen LogP) is 5.05. The maximum atomic E-state index is 12.2. The van der Waals surface area contributed by atoms with Crippen LogP contribution in [0.3, 0.4) is 0 Å². The number of hydrogen-bond donors (Lipinski definition) is 1. The molecule has 0 saturated heterocycles. The highest BCUT2D eigenvalue weighted by atomic mass is 32.2. The van der Waals surface area contributed by atoms with Crippen molar-refractivity contribution >= 4 is 23.4 Å². The lowest BCUT2D eigenvalue weighted by Crippen LogP contribution is -2.19. The molecule has 0 aliphatic rings. The summed E-state index contributed by atoms with van der Waals surface area (Å²) in [7, 11) is 3.45. The number of nitrogens with one attached hydrogen (secondary N) is 1. The summed E-state index contributed by atoms with van der Waals surface area (Å²) in [5.41, 5.74) is 3.86. The molecule has 2 aromatic heterocycles. The Labute approximate surface area is 230 Å². The number of benzene rings is 3. The fourth-order valence-corrected chi connectivity index (χ4v) is 4.81. The number of anilines is 1. The molecule has 0 fully saturated rings. The monoisotopic (exact) mass is 540 g/mol. The highest BCUT2D eigenvalue weighted by Crippen LogP contribution is 2.29. The second-order valence-corrected chi connectivity index (χ2v) is 9.72. The summed E-state index contributed by atoms with van der Waals surface area (Å²) in [6.45, 7) is 0.533. The van der Waals surface area contributed by atoms with Crippen LogP contribution in [0.15, 0.2) is 96.4 Å². The second-order valence-electron chi connectivity index (χ2n) is 8.78. The molecule has 0 spiro atoms. The number of hydrogen-bond acceptors (Lipinski definition) is 7. The van der Waals surface area contributed by atoms with Gasteiger partial charge in [0.2, 0.25) is 0 Å². The van der Waals surface area contributed by atoms with E-state index in [1.165, 1.54) is 5.56 Å². The zero-order chi connectivity index (χ0) is 27.0. The van der Waals surface area contributed by atoms with E-state index in [0.717, 1.165) is 33.6 Å². The molecule has 2 heterocycles. The number of rotatable bonds is 11. The molecule has 0 aliphatic heterocycles. The van der Waals surface area contributed by atoms with Crippen LogP contribution in [0.2, 0.25) is 0 Å². The molecule has 198 valence electrons. The Bertz CT molecular complexity index is 1520. The Kier molecular flexibility index (Phi) is 8.23. The maximum absolute atomic E-state index is 12.2. The number of thioether (sulfide) groups is 1. The third-order valence-electron chi connectivity index (χ3n) is 5.90. The van der Waals surface area contributed by atoms with Crippen LogP contribution < -0.4 is 14.8 Å². The van der Waals surface area contributed by atoms with Crippen molar-refractivity contribution in [2.45, 2.75) is 17.5 Å². The molecule has 0 atom stereocenters. The first-order valence-corrected chi connectivity index (χ1v) is 13.3. The van der Waals surface area contributed by atoms with Gasteiger partial charge < -0.3 is 14.8 Å². The number of aromatic nitrogens is 5. The zero-order valence-corrected chi connectivity index (χ0v) is 22.5. The third-order valence-corrected chi connectivity index (χ3v) is 6.94. The lowest BCUT2D eigenvalue weighted by molar-refractivity contribution is -0.118. The van der Waals surface area contributed by atoms with Crippen LogP contribution in [-0.2, 0) is 24.1 Å². The highest BCUT2D eigenvalue weighted by Gasteiger charge is 2.16. The lowest BCUT2D eigenvalue weighted by atomic mass is 10.2. The van der Waals surface area contributed by atoms with E-state index in [2.05, 4.69) is 49.4 Å². The van der Waals surface area contributed by atoms with Crippen LogP contribution in [0.4, 0.5) is 5.69 Å². The zero-order valence-electron chi connectivity index (χ0n) is 21.7. The van der Waals surface area contributed by atoms with Gasteiger partial charge in [-0.15, -0.1) is 10.2 Å². The normalized spacial score (nSPS) is 10.8. The summed E-state index contributed by atoms with van der Waals surface area (Å²) in [5, 5.41) is 16.7. The van der Waals surface area contributed by atoms with E-state index in [4.69, 9.17) is 9.47 Å². The van der Waals surface area contributed by atoms with Gasteiger partial charge in [-0.3, -0.25) is 14.0 Å². The van der Waals surface area contributed by atoms with Crippen LogP contribution in [0.5, 0.6) is 11.5 Å². The first-order chi connectivity index (χ1) is 19.1. The lowest BCUT2D eigenvalue weighted by Gasteiger charge is -2.11. The molecule has 3 aromatic carbocycles. The Morgan fingerprint density at radius 3 is 2.36 bits per heavy atom. The van der Waals surface area contributed by atoms with E-state index in [-0.39, 0.29) is 12.5 Å². The Balaban J connectivity index is 1.29. The van der Waals surface area contributed by atoms with E-state index in [1.54, 1.807) is 43.0 Å². The average Bonchev–Trinajstić information content (AvgIpc) is 3.57. The summed E-state index contributed by atoms with van der Waals surface area (Å²) >= 11 is 1.64. The number of nitrogens with zero attached hydrogens (tertiary/aromatic N) is 5. The molecular weight excluding hydrogens is 512 g/mol. The fourth-order valence-electron chi connectivity index (χ4n) is 3.92. The van der Waals surface area contributed by atoms with Gasteiger partial charge >= 0.3 is 0 Å². The van der Waals surface area contributed by atoms with E-state index >= 15 is 0 Å². The fraction of sp³-hybridized carbons (Fsp3) is 0.172. The second kappa shape index (κ2) is 12.3. The van der Waals surface area contributed by atoms with Crippen LogP contribution >= 0.6 is 11.8 Å². The maximum Gasteiger partial charge on any atom is 0.262 e. The number of methoxy groups -OCH3 is 1. The van der Waals surface area contributed by atoms with Crippen LogP contribution in [-0.4, -0.2) is 44.2 Å². The van der Waals surface area contributed by atoms with Gasteiger partial charge in [-0.05, 0) is 47.5 Å². The van der Waals surface area contributed by atoms with Crippen LogP contribution in [0.25, 0.3) is 11.4 Å². The SMILES string of the molecule is COc1ccc(CSc2nnc(-c3ccc(OCC(=O)Nc4cnn(C)c4)cc3)n2Cc2ccccc2)cc1. The first kappa shape index (κ1) is 26.1. The molecule has 0 radical (unpaired) electrons. The quantitative estimate of drug-likeness (QED) is 0.234. The van der Waals surface area contributed by atoms with Gasteiger partial charge in [-0.25, -0.2) is 0 Å². The Morgan fingerprint density at radius 1 is 0.923 bits per heavy atom. The Morgan fingerprint density at radius 2 is 1.67 bits per heavy atom. The molecule has 5 aromatic rings. The van der Waals surface area contributed by atoms with Crippen molar-refractivity contribution in [3.8, 4) is 22.9 Å². The Hall–Kier alpha value is -4.57. The molecule has 0 saturated carbocycles. The molecule has 10 heteroatoms. The minimum atomic E-state index is -0.256. The van der Waals surface area contributed by atoms with E-state index in [1.807, 2.05) is 54.6 Å². The molecule has 0 unspecified atom stereocenters. The number of ether oxygens (including phenoxy) is 2. The van der Waals surface area contributed by atoms with Crippen molar-refractivity contribution in [3.63, 3.8) is 0 Å². The van der Waals surface area contributed by atoms with Crippen molar-refractivity contribution in [1.29, 1.82) is 0 Å². The smallest absolute Gasteiger partial charge is 0.262 e. The topological polar surface area (TPSA) is 96.1 Å². The van der Waals surface area contributed by atoms with E-state index < -0.39 is 0 Å². The minimum absolute atomic E-state index is 0.107. The molecule has 1 N–H and O–H groups in total. The third kappa shape index (κ3) is 6.85. The molecule has 9 nitrogen and oxygen atoms in total. The molecule has 0 aliphatic carbocycles. The van der Waals surface area contributed by atoms with Gasteiger partial charge in [0.1, 0.15) is 11.5 Å². The summed E-state index contributed by atoms with van der Waals surface area (Å²) in [6.07, 6.45) is 3.31. The molecular formula is C29H28N6O3S. The van der Waals surface area contributed by atoms with Crippen molar-refractivity contribution in [2.75, 3.05) is 19.0 Å². The van der Waals surface area contributed by atoms with Gasteiger partial charge in [0, 0.05) is 24.6 Å². The van der Waals surface area contributed by atoms with Gasteiger partial charge in [0.05, 0.1) is 25.5 Å².